The molecule has 0 saturated carbocycles. The van der Waals surface area contributed by atoms with Crippen LogP contribution in [0, 0.1) is 0 Å². The smallest absolute Gasteiger partial charge is 0.337 e. The van der Waals surface area contributed by atoms with Crippen molar-refractivity contribution in [3.8, 4) is 0 Å². The molecule has 0 amide bonds. The van der Waals surface area contributed by atoms with Gasteiger partial charge in [0.15, 0.2) is 4.29 Å². The lowest BCUT2D eigenvalue weighted by Crippen LogP contribution is -2.22. The molecule has 22 heavy (non-hydrogen) atoms. The van der Waals surface area contributed by atoms with Crippen LogP contribution in [0.4, 0.5) is 0 Å². The van der Waals surface area contributed by atoms with E-state index in [0.29, 0.717) is 10.0 Å². The number of carbonyl (C=O) groups is 2. The van der Waals surface area contributed by atoms with Crippen LogP contribution in [0.25, 0.3) is 0 Å². The summed E-state index contributed by atoms with van der Waals surface area (Å²) in [6.45, 7) is 0. The summed E-state index contributed by atoms with van der Waals surface area (Å²) in [6, 6.07) is 0. The second-order valence-corrected chi connectivity index (χ2v) is 18.8. The molecular formula is C10H2Br8O4. The molecule has 0 saturated heterocycles. The van der Waals surface area contributed by atoms with Crippen LogP contribution in [0.1, 0.15) is 31.8 Å². The molecule has 0 unspecified atom stereocenters. The van der Waals surface area contributed by atoms with Gasteiger partial charge >= 0.3 is 11.9 Å². The first-order valence-electron chi connectivity index (χ1n) is 4.87. The van der Waals surface area contributed by atoms with E-state index in [0.717, 1.165) is 0 Å². The topological polar surface area (TPSA) is 74.6 Å². The fourth-order valence-corrected chi connectivity index (χ4v) is 6.09. The average Bonchev–Trinajstić information content (AvgIpc) is 2.27. The van der Waals surface area contributed by atoms with E-state index < -0.39 is 16.2 Å². The summed E-state index contributed by atoms with van der Waals surface area (Å²) in [5, 5.41) is 19.0. The zero-order chi connectivity index (χ0) is 17.6. The van der Waals surface area contributed by atoms with Gasteiger partial charge in [-0.3, -0.25) is 0 Å². The molecule has 1 aromatic rings. The molecule has 2 N–H and O–H groups in total. The van der Waals surface area contributed by atoms with Crippen LogP contribution < -0.4 is 0 Å². The molecule has 0 aromatic heterocycles. The Morgan fingerprint density at radius 1 is 0.682 bits per heavy atom. The average molecular weight is 825 g/mol. The molecule has 0 aliphatic rings. The fourth-order valence-electron chi connectivity index (χ4n) is 1.65. The minimum Gasteiger partial charge on any atom is -0.478 e. The highest BCUT2D eigenvalue weighted by Crippen LogP contribution is 2.58. The third-order valence-electron chi connectivity index (χ3n) is 2.38. The molecule has 12 heteroatoms. The van der Waals surface area contributed by atoms with Crippen molar-refractivity contribution in [1.29, 1.82) is 0 Å². The standard InChI is InChI=1S/C10H2Br8O4/c11-5-2(8(21)22)1(7(19)20)3(9(13,14)15)4(6(5)12)10(16,17)18/h(H,19,20)(H,21,22). The minimum atomic E-state index is -1.39. The molecule has 1 rings (SSSR count). The molecular weight excluding hydrogens is 823 g/mol. The van der Waals surface area contributed by atoms with Crippen molar-refractivity contribution in [3.63, 3.8) is 0 Å². The van der Waals surface area contributed by atoms with E-state index in [-0.39, 0.29) is 21.2 Å². The van der Waals surface area contributed by atoms with E-state index in [9.17, 15) is 19.8 Å². The Morgan fingerprint density at radius 3 is 1.32 bits per heavy atom. The Bertz CT molecular complexity index is 659. The van der Waals surface area contributed by atoms with E-state index >= 15 is 0 Å². The third kappa shape index (κ3) is 4.59. The Labute approximate surface area is 192 Å². The lowest BCUT2D eigenvalue weighted by Gasteiger charge is -2.28. The van der Waals surface area contributed by atoms with Gasteiger partial charge in [-0.1, -0.05) is 95.6 Å². The predicted molar refractivity (Wildman–Crippen MR) is 113 cm³/mol. The Morgan fingerprint density at radius 2 is 1.05 bits per heavy atom. The van der Waals surface area contributed by atoms with Crippen LogP contribution in [0.2, 0.25) is 0 Å². The highest BCUT2D eigenvalue weighted by atomic mass is 80.0. The molecule has 0 aliphatic carbocycles. The normalized spacial score (nSPS) is 12.4. The first kappa shape index (κ1) is 22.0. The van der Waals surface area contributed by atoms with E-state index in [4.69, 9.17) is 0 Å². The lowest BCUT2D eigenvalue weighted by molar-refractivity contribution is 0.0649. The number of carboxylic acid groups (broad SMARTS) is 2. The van der Waals surface area contributed by atoms with Gasteiger partial charge in [-0.25, -0.2) is 9.59 Å². The fraction of sp³-hybridized carbons (Fsp3) is 0.200. The summed E-state index contributed by atoms with van der Waals surface area (Å²) in [6.07, 6.45) is 0. The van der Waals surface area contributed by atoms with Gasteiger partial charge in [-0.05, 0) is 31.9 Å². The largest absolute Gasteiger partial charge is 0.478 e. The van der Waals surface area contributed by atoms with Crippen molar-refractivity contribution in [2.45, 2.75) is 4.29 Å². The molecule has 0 heterocycles. The van der Waals surface area contributed by atoms with Crippen LogP contribution >= 0.6 is 127 Å². The number of aromatic carboxylic acids is 2. The summed E-state index contributed by atoms with van der Waals surface area (Å²) in [5.41, 5.74) is -0.200. The number of halogens is 8. The molecule has 1 aromatic carbocycles. The summed E-state index contributed by atoms with van der Waals surface area (Å²) in [5.74, 6) is -2.76. The van der Waals surface area contributed by atoms with Crippen LogP contribution in [-0.4, -0.2) is 22.2 Å². The third-order valence-corrected chi connectivity index (χ3v) is 6.87. The number of carboxylic acids is 2. The van der Waals surface area contributed by atoms with Gasteiger partial charge in [0, 0.05) is 20.1 Å². The number of hydrogen-bond donors (Lipinski definition) is 2. The summed E-state index contributed by atoms with van der Waals surface area (Å²) >= 11 is 26.3. The summed E-state index contributed by atoms with van der Waals surface area (Å²) in [4.78, 5) is 23.3. The maximum absolute atomic E-state index is 11.7. The predicted octanol–water partition coefficient (Wildman–Crippen LogP) is 7.20. The van der Waals surface area contributed by atoms with Crippen LogP contribution in [-0.2, 0) is 4.29 Å². The van der Waals surface area contributed by atoms with Crippen LogP contribution in [0.3, 0.4) is 0 Å². The minimum absolute atomic E-state index is 0.107. The van der Waals surface area contributed by atoms with E-state index in [1.54, 1.807) is 0 Å². The van der Waals surface area contributed by atoms with Gasteiger partial charge < -0.3 is 10.2 Å². The van der Waals surface area contributed by atoms with Gasteiger partial charge in [0.2, 0.25) is 0 Å². The highest BCUT2D eigenvalue weighted by Gasteiger charge is 2.42. The van der Waals surface area contributed by atoms with Gasteiger partial charge in [-0.15, -0.1) is 0 Å². The number of rotatable bonds is 2. The number of alkyl halides is 6. The monoisotopic (exact) mass is 817 g/mol. The molecule has 122 valence electrons. The maximum Gasteiger partial charge on any atom is 0.337 e. The van der Waals surface area contributed by atoms with Crippen molar-refractivity contribution in [2.24, 2.45) is 0 Å². The second kappa shape index (κ2) is 7.71. The van der Waals surface area contributed by atoms with Crippen molar-refractivity contribution in [1.82, 2.24) is 0 Å². The molecule has 4 nitrogen and oxygen atoms in total. The summed E-state index contributed by atoms with van der Waals surface area (Å²) in [7, 11) is 0. The maximum atomic E-state index is 11.7. The van der Waals surface area contributed by atoms with Gasteiger partial charge in [-0.2, -0.15) is 0 Å². The van der Waals surface area contributed by atoms with E-state index in [2.05, 4.69) is 127 Å². The van der Waals surface area contributed by atoms with Gasteiger partial charge in [0.05, 0.1) is 11.1 Å². The van der Waals surface area contributed by atoms with Gasteiger partial charge in [0.1, 0.15) is 0 Å². The van der Waals surface area contributed by atoms with Crippen molar-refractivity contribution in [2.75, 3.05) is 0 Å². The first-order chi connectivity index (χ1) is 9.71. The Kier molecular flexibility index (Phi) is 7.72. The zero-order valence-electron chi connectivity index (χ0n) is 9.73. The quantitative estimate of drug-likeness (QED) is 0.310. The SMILES string of the molecule is O=C(O)c1c(Br)c(Br)c(C(Br)(Br)Br)c(C(Br)(Br)Br)c1C(=O)O. The molecule has 0 radical (unpaired) electrons. The highest BCUT2D eigenvalue weighted by molar-refractivity contribution is 9.39. The zero-order valence-corrected chi connectivity index (χ0v) is 22.4. The molecule has 0 bridgehead atoms. The molecule has 0 spiro atoms. The van der Waals surface area contributed by atoms with Gasteiger partial charge in [0.25, 0.3) is 0 Å². The van der Waals surface area contributed by atoms with E-state index in [1.165, 1.54) is 0 Å². The van der Waals surface area contributed by atoms with Crippen molar-refractivity contribution >= 4 is 139 Å². The molecule has 0 aliphatic heterocycles. The van der Waals surface area contributed by atoms with Crippen LogP contribution in [0.5, 0.6) is 0 Å². The lowest BCUT2D eigenvalue weighted by atomic mass is 9.97. The van der Waals surface area contributed by atoms with Crippen molar-refractivity contribution in [3.05, 3.63) is 31.2 Å². The Balaban J connectivity index is 4.23. The number of hydrogen-bond acceptors (Lipinski definition) is 2. The summed E-state index contributed by atoms with van der Waals surface area (Å²) < 4.78 is -1.72. The molecule has 0 fully saturated rings. The molecule has 0 atom stereocenters. The second-order valence-electron chi connectivity index (χ2n) is 3.73. The van der Waals surface area contributed by atoms with Crippen molar-refractivity contribution < 1.29 is 19.8 Å². The van der Waals surface area contributed by atoms with Crippen LogP contribution in [0.15, 0.2) is 8.95 Å². The number of benzene rings is 1. The first-order valence-corrected chi connectivity index (χ1v) is 11.2. The Hall–Kier alpha value is 2.00. The van der Waals surface area contributed by atoms with E-state index in [1.807, 2.05) is 0 Å².